The smallest absolute Gasteiger partial charge is 0.137 e. The standard InChI is InChI=1S/C28H19NO2/c1-30-22-16-17-23-26-25(22)24(18-10-4-2-5-11-18)27(19-12-6-3-7-13-19)29-28(26)20-14-8-9-15-21(20)31-23/h2-17H,1H3. The fourth-order valence-electron chi connectivity index (χ4n) is 4.40. The molecule has 3 heteroatoms. The first kappa shape index (κ1) is 17.7. The largest absolute Gasteiger partial charge is 0.496 e. The zero-order chi connectivity index (χ0) is 20.8. The second-order valence-electron chi connectivity index (χ2n) is 7.53. The van der Waals surface area contributed by atoms with Gasteiger partial charge in [-0.3, -0.25) is 0 Å². The maximum atomic E-state index is 6.29. The van der Waals surface area contributed by atoms with Crippen LogP contribution in [-0.2, 0) is 0 Å². The van der Waals surface area contributed by atoms with Crippen LogP contribution >= 0.6 is 0 Å². The van der Waals surface area contributed by atoms with Crippen LogP contribution in [0, 0.1) is 0 Å². The Kier molecular flexibility index (Phi) is 4.00. The van der Waals surface area contributed by atoms with E-state index in [0.717, 1.165) is 61.7 Å². The van der Waals surface area contributed by atoms with Crippen molar-refractivity contribution >= 4 is 10.8 Å². The molecular formula is C28H19NO2. The molecule has 6 rings (SSSR count). The van der Waals surface area contributed by atoms with Crippen LogP contribution in [0.3, 0.4) is 0 Å². The van der Waals surface area contributed by atoms with Gasteiger partial charge < -0.3 is 9.47 Å². The van der Waals surface area contributed by atoms with Crippen molar-refractivity contribution < 1.29 is 9.47 Å². The number of para-hydroxylation sites is 1. The van der Waals surface area contributed by atoms with Gasteiger partial charge in [-0.25, -0.2) is 4.98 Å². The molecule has 0 radical (unpaired) electrons. The van der Waals surface area contributed by atoms with Crippen molar-refractivity contribution in [3.63, 3.8) is 0 Å². The minimum atomic E-state index is 0.800. The summed E-state index contributed by atoms with van der Waals surface area (Å²) in [5.74, 6) is 2.43. The number of benzene rings is 4. The Bertz CT molecular complexity index is 1430. The van der Waals surface area contributed by atoms with E-state index in [1.807, 2.05) is 54.6 Å². The average Bonchev–Trinajstić information content (AvgIpc) is 2.85. The molecule has 0 unspecified atom stereocenters. The van der Waals surface area contributed by atoms with E-state index < -0.39 is 0 Å². The van der Waals surface area contributed by atoms with Crippen LogP contribution in [0.1, 0.15) is 0 Å². The normalized spacial score (nSPS) is 11.6. The number of ether oxygens (including phenoxy) is 2. The summed E-state index contributed by atoms with van der Waals surface area (Å²) in [6.07, 6.45) is 0. The topological polar surface area (TPSA) is 31.4 Å². The second-order valence-corrected chi connectivity index (χ2v) is 7.53. The van der Waals surface area contributed by atoms with Crippen LogP contribution in [0.15, 0.2) is 97.1 Å². The van der Waals surface area contributed by atoms with E-state index >= 15 is 0 Å². The maximum Gasteiger partial charge on any atom is 0.137 e. The van der Waals surface area contributed by atoms with E-state index in [-0.39, 0.29) is 0 Å². The molecule has 0 aliphatic carbocycles. The molecule has 0 spiro atoms. The van der Waals surface area contributed by atoms with Gasteiger partial charge in [0.05, 0.1) is 23.9 Å². The Morgan fingerprint density at radius 3 is 2.03 bits per heavy atom. The van der Waals surface area contributed by atoms with Crippen molar-refractivity contribution in [2.24, 2.45) is 0 Å². The second kappa shape index (κ2) is 6.99. The SMILES string of the molecule is COc1ccc2c3c(nc(-c4ccccc4)c(-c4ccccc4)c13)-c1ccccc1O2. The molecule has 3 nitrogen and oxygen atoms in total. The summed E-state index contributed by atoms with van der Waals surface area (Å²) < 4.78 is 12.2. The number of methoxy groups -OCH3 is 1. The molecule has 148 valence electrons. The summed E-state index contributed by atoms with van der Waals surface area (Å²) in [5, 5.41) is 2.00. The molecule has 0 N–H and O–H groups in total. The third-order valence-corrected chi connectivity index (χ3v) is 5.77. The molecule has 1 aliphatic heterocycles. The van der Waals surface area contributed by atoms with Gasteiger partial charge in [0, 0.05) is 22.1 Å². The lowest BCUT2D eigenvalue weighted by Crippen LogP contribution is -2.03. The summed E-state index contributed by atoms with van der Waals surface area (Å²) in [5.41, 5.74) is 6.05. The van der Waals surface area contributed by atoms with Gasteiger partial charge in [0.2, 0.25) is 0 Å². The van der Waals surface area contributed by atoms with E-state index in [1.54, 1.807) is 7.11 Å². The Balaban J connectivity index is 1.84. The van der Waals surface area contributed by atoms with E-state index in [0.29, 0.717) is 0 Å². The predicted octanol–water partition coefficient (Wildman–Crippen LogP) is 7.35. The molecule has 0 amide bonds. The number of pyridine rings is 1. The van der Waals surface area contributed by atoms with Crippen molar-refractivity contribution in [2.45, 2.75) is 0 Å². The Morgan fingerprint density at radius 1 is 0.613 bits per heavy atom. The van der Waals surface area contributed by atoms with Crippen molar-refractivity contribution in [1.29, 1.82) is 0 Å². The van der Waals surface area contributed by atoms with Gasteiger partial charge in [0.1, 0.15) is 17.2 Å². The van der Waals surface area contributed by atoms with Crippen LogP contribution in [-0.4, -0.2) is 12.1 Å². The van der Waals surface area contributed by atoms with Gasteiger partial charge >= 0.3 is 0 Å². The van der Waals surface area contributed by atoms with E-state index in [9.17, 15) is 0 Å². The average molecular weight is 401 g/mol. The Hall–Kier alpha value is -4.11. The number of nitrogens with zero attached hydrogens (tertiary/aromatic N) is 1. The molecule has 1 aliphatic rings. The summed E-state index contributed by atoms with van der Waals surface area (Å²) in [6.45, 7) is 0. The molecule has 31 heavy (non-hydrogen) atoms. The summed E-state index contributed by atoms with van der Waals surface area (Å²) in [7, 11) is 1.71. The van der Waals surface area contributed by atoms with Crippen LogP contribution in [0.25, 0.3) is 44.4 Å². The number of aromatic nitrogens is 1. The molecule has 0 bridgehead atoms. The zero-order valence-corrected chi connectivity index (χ0v) is 17.0. The molecule has 5 aromatic rings. The van der Waals surface area contributed by atoms with Crippen LogP contribution in [0.2, 0.25) is 0 Å². The van der Waals surface area contributed by atoms with E-state index in [4.69, 9.17) is 14.5 Å². The monoisotopic (exact) mass is 401 g/mol. The number of hydrogen-bond donors (Lipinski definition) is 0. The highest BCUT2D eigenvalue weighted by Crippen LogP contribution is 2.52. The van der Waals surface area contributed by atoms with Crippen molar-refractivity contribution in [3.8, 4) is 50.9 Å². The number of hydrogen-bond acceptors (Lipinski definition) is 3. The number of rotatable bonds is 3. The van der Waals surface area contributed by atoms with Gasteiger partial charge in [-0.2, -0.15) is 0 Å². The highest BCUT2D eigenvalue weighted by atomic mass is 16.5. The van der Waals surface area contributed by atoms with Gasteiger partial charge in [0.15, 0.2) is 0 Å². The Morgan fingerprint density at radius 2 is 1.29 bits per heavy atom. The molecule has 0 atom stereocenters. The maximum absolute atomic E-state index is 6.29. The minimum absolute atomic E-state index is 0.800. The van der Waals surface area contributed by atoms with Crippen LogP contribution in [0.4, 0.5) is 0 Å². The molecular weight excluding hydrogens is 382 g/mol. The molecule has 1 aromatic heterocycles. The Labute approximate surface area is 180 Å². The number of fused-ring (bicyclic) bond motifs is 2. The fraction of sp³-hybridized carbons (Fsp3) is 0.0357. The molecule has 4 aromatic carbocycles. The quantitative estimate of drug-likeness (QED) is 0.311. The highest BCUT2D eigenvalue weighted by Gasteiger charge is 2.27. The lowest BCUT2D eigenvalue weighted by Gasteiger charge is -2.25. The fourth-order valence-corrected chi connectivity index (χ4v) is 4.40. The first-order valence-corrected chi connectivity index (χ1v) is 10.3. The molecule has 0 saturated heterocycles. The summed E-state index contributed by atoms with van der Waals surface area (Å²) in [4.78, 5) is 5.26. The van der Waals surface area contributed by atoms with Gasteiger partial charge in [-0.05, 0) is 29.8 Å². The molecule has 0 saturated carbocycles. The van der Waals surface area contributed by atoms with Crippen molar-refractivity contribution in [2.75, 3.05) is 7.11 Å². The lowest BCUT2D eigenvalue weighted by atomic mass is 9.89. The molecule has 0 fully saturated rings. The summed E-state index contributed by atoms with van der Waals surface area (Å²) >= 11 is 0. The van der Waals surface area contributed by atoms with Crippen LogP contribution in [0.5, 0.6) is 17.2 Å². The van der Waals surface area contributed by atoms with E-state index in [1.165, 1.54) is 0 Å². The van der Waals surface area contributed by atoms with E-state index in [2.05, 4.69) is 42.5 Å². The highest BCUT2D eigenvalue weighted by molar-refractivity contribution is 6.14. The first-order valence-electron chi connectivity index (χ1n) is 10.3. The third kappa shape index (κ3) is 2.71. The predicted molar refractivity (Wildman–Crippen MR) is 125 cm³/mol. The first-order chi connectivity index (χ1) is 15.3. The summed E-state index contributed by atoms with van der Waals surface area (Å²) in [6, 6.07) is 32.7. The molecule has 2 heterocycles. The van der Waals surface area contributed by atoms with Gasteiger partial charge in [-0.1, -0.05) is 72.8 Å². The van der Waals surface area contributed by atoms with Crippen molar-refractivity contribution in [1.82, 2.24) is 4.98 Å². The van der Waals surface area contributed by atoms with Crippen LogP contribution < -0.4 is 9.47 Å². The van der Waals surface area contributed by atoms with Gasteiger partial charge in [-0.15, -0.1) is 0 Å². The van der Waals surface area contributed by atoms with Crippen molar-refractivity contribution in [3.05, 3.63) is 97.1 Å². The lowest BCUT2D eigenvalue weighted by molar-refractivity contribution is 0.418. The zero-order valence-electron chi connectivity index (χ0n) is 17.0. The minimum Gasteiger partial charge on any atom is -0.496 e. The third-order valence-electron chi connectivity index (χ3n) is 5.77. The van der Waals surface area contributed by atoms with Gasteiger partial charge in [0.25, 0.3) is 0 Å².